The van der Waals surface area contributed by atoms with E-state index in [2.05, 4.69) is 105 Å². The Bertz CT molecular complexity index is 2930. The normalized spacial score (nSPS) is 11.9. The molecule has 0 amide bonds. The van der Waals surface area contributed by atoms with Crippen LogP contribution in [0.25, 0.3) is 109 Å². The zero-order chi connectivity index (χ0) is 33.5. The first-order valence-electron chi connectivity index (χ1n) is 16.6. The highest BCUT2D eigenvalue weighted by atomic mass is 32.1. The van der Waals surface area contributed by atoms with Crippen LogP contribution >= 0.6 is 11.3 Å². The summed E-state index contributed by atoms with van der Waals surface area (Å²) in [5.74, 6) is 0. The van der Waals surface area contributed by atoms with Crippen molar-refractivity contribution in [3.8, 4) is 44.8 Å². The van der Waals surface area contributed by atoms with E-state index in [0.29, 0.717) is 0 Å². The zero-order valence-electron chi connectivity index (χ0n) is 26.9. The summed E-state index contributed by atoms with van der Waals surface area (Å²) >= 11 is 1.83. The lowest BCUT2D eigenvalue weighted by Gasteiger charge is -2.05. The fraction of sp³-hybridized carbons (Fsp3) is 0. The molecule has 6 aromatic carbocycles. The molecule has 0 fully saturated rings. The van der Waals surface area contributed by atoms with Crippen molar-refractivity contribution in [1.82, 2.24) is 19.9 Å². The van der Waals surface area contributed by atoms with Gasteiger partial charge in [0, 0.05) is 77.6 Å². The maximum atomic E-state index is 6.23. The molecule has 5 aromatic heterocycles. The van der Waals surface area contributed by atoms with Crippen molar-refractivity contribution in [2.45, 2.75) is 0 Å². The van der Waals surface area contributed by atoms with Crippen LogP contribution < -0.4 is 0 Å². The largest absolute Gasteiger partial charge is 0.456 e. The number of fused-ring (bicyclic) bond motifs is 9. The fourth-order valence-corrected chi connectivity index (χ4v) is 8.33. The Balaban J connectivity index is 1.01. The molecule has 0 spiro atoms. The van der Waals surface area contributed by atoms with Gasteiger partial charge in [-0.3, -0.25) is 19.9 Å². The molecule has 0 aliphatic heterocycles. The number of furan rings is 2. The Labute approximate surface area is 294 Å². The molecule has 0 unspecified atom stereocenters. The van der Waals surface area contributed by atoms with E-state index in [-0.39, 0.29) is 0 Å². The summed E-state index contributed by atoms with van der Waals surface area (Å²) in [6, 6.07) is 38.9. The summed E-state index contributed by atoms with van der Waals surface area (Å²) in [7, 11) is 0. The molecule has 238 valence electrons. The highest BCUT2D eigenvalue weighted by Gasteiger charge is 2.15. The second-order valence-corrected chi connectivity index (χ2v) is 13.8. The van der Waals surface area contributed by atoms with Crippen LogP contribution in [-0.2, 0) is 0 Å². The molecule has 7 heteroatoms. The molecule has 51 heavy (non-hydrogen) atoms. The minimum atomic E-state index is 0.838. The SMILES string of the molecule is c1cnc(-c2ccc3oc4ccc(-c5ccc6sc7ccc(-c8ccc9oc%10ccc(-c%11cnccn%11)cc%10c9c8)cc7c6c5)cc4c3c2)cn1. The van der Waals surface area contributed by atoms with Gasteiger partial charge in [-0.25, -0.2) is 0 Å². The van der Waals surface area contributed by atoms with Crippen LogP contribution in [0.5, 0.6) is 0 Å². The van der Waals surface area contributed by atoms with Crippen molar-refractivity contribution in [2.24, 2.45) is 0 Å². The summed E-state index contributed by atoms with van der Waals surface area (Å²) in [6.07, 6.45) is 10.4. The molecule has 0 saturated carbocycles. The highest BCUT2D eigenvalue weighted by Crippen LogP contribution is 2.41. The average molecular weight is 673 g/mol. The monoisotopic (exact) mass is 672 g/mol. The van der Waals surface area contributed by atoms with Crippen molar-refractivity contribution in [3.63, 3.8) is 0 Å². The summed E-state index contributed by atoms with van der Waals surface area (Å²) in [4.78, 5) is 17.5. The topological polar surface area (TPSA) is 77.8 Å². The predicted octanol–water partition coefficient (Wildman–Crippen LogP) is 12.1. The molecule has 5 heterocycles. The smallest absolute Gasteiger partial charge is 0.135 e. The Morgan fingerprint density at radius 1 is 0.353 bits per heavy atom. The van der Waals surface area contributed by atoms with Gasteiger partial charge in [-0.1, -0.05) is 24.3 Å². The lowest BCUT2D eigenvalue weighted by Crippen LogP contribution is -1.83. The van der Waals surface area contributed by atoms with Gasteiger partial charge in [0.15, 0.2) is 0 Å². The van der Waals surface area contributed by atoms with E-state index < -0.39 is 0 Å². The minimum Gasteiger partial charge on any atom is -0.456 e. The third-order valence-corrected chi connectivity index (χ3v) is 10.9. The second-order valence-electron chi connectivity index (χ2n) is 12.8. The quantitative estimate of drug-likeness (QED) is 0.185. The number of benzene rings is 6. The molecule has 0 N–H and O–H groups in total. The summed E-state index contributed by atoms with van der Waals surface area (Å²) in [6.45, 7) is 0. The van der Waals surface area contributed by atoms with E-state index in [4.69, 9.17) is 8.83 Å². The van der Waals surface area contributed by atoms with Crippen LogP contribution in [0.1, 0.15) is 0 Å². The summed E-state index contributed by atoms with van der Waals surface area (Å²) < 4.78 is 15.0. The third kappa shape index (κ3) is 4.56. The molecule has 0 aliphatic rings. The number of rotatable bonds is 4. The van der Waals surface area contributed by atoms with Crippen molar-refractivity contribution >= 4 is 75.4 Å². The van der Waals surface area contributed by atoms with E-state index in [0.717, 1.165) is 77.5 Å². The highest BCUT2D eigenvalue weighted by molar-refractivity contribution is 7.25. The minimum absolute atomic E-state index is 0.838. The van der Waals surface area contributed by atoms with Gasteiger partial charge in [0.2, 0.25) is 0 Å². The average Bonchev–Trinajstić information content (AvgIpc) is 3.88. The van der Waals surface area contributed by atoms with Crippen LogP contribution in [0, 0.1) is 0 Å². The number of aromatic nitrogens is 4. The van der Waals surface area contributed by atoms with E-state index >= 15 is 0 Å². The molecule has 0 radical (unpaired) electrons. The number of thiophene rings is 1. The van der Waals surface area contributed by atoms with Gasteiger partial charge in [-0.05, 0) is 107 Å². The third-order valence-electron chi connectivity index (χ3n) is 9.79. The lowest BCUT2D eigenvalue weighted by molar-refractivity contribution is 0.668. The van der Waals surface area contributed by atoms with Gasteiger partial charge in [0.05, 0.1) is 23.8 Å². The molecular weight excluding hydrogens is 649 g/mol. The van der Waals surface area contributed by atoms with E-state index in [1.807, 2.05) is 35.6 Å². The fourth-order valence-electron chi connectivity index (χ4n) is 7.27. The van der Waals surface area contributed by atoms with Crippen molar-refractivity contribution in [1.29, 1.82) is 0 Å². The lowest BCUT2D eigenvalue weighted by atomic mass is 9.98. The molecule has 11 rings (SSSR count). The van der Waals surface area contributed by atoms with Gasteiger partial charge >= 0.3 is 0 Å². The zero-order valence-corrected chi connectivity index (χ0v) is 27.7. The van der Waals surface area contributed by atoms with Crippen LogP contribution in [0.4, 0.5) is 0 Å². The maximum Gasteiger partial charge on any atom is 0.135 e. The van der Waals surface area contributed by atoms with E-state index in [1.165, 1.54) is 31.3 Å². The number of hydrogen-bond acceptors (Lipinski definition) is 7. The molecular formula is C44H24N4O2S. The Morgan fingerprint density at radius 2 is 0.706 bits per heavy atom. The van der Waals surface area contributed by atoms with Crippen molar-refractivity contribution < 1.29 is 8.83 Å². The summed E-state index contributed by atoms with van der Waals surface area (Å²) in [5.41, 5.74) is 11.8. The molecule has 0 saturated heterocycles. The van der Waals surface area contributed by atoms with Gasteiger partial charge < -0.3 is 8.83 Å². The predicted molar refractivity (Wildman–Crippen MR) is 207 cm³/mol. The molecule has 0 aliphatic carbocycles. The van der Waals surface area contributed by atoms with Crippen LogP contribution in [0.15, 0.2) is 155 Å². The van der Waals surface area contributed by atoms with E-state index in [9.17, 15) is 0 Å². The first-order valence-corrected chi connectivity index (χ1v) is 17.5. The van der Waals surface area contributed by atoms with E-state index in [1.54, 1.807) is 37.2 Å². The summed E-state index contributed by atoms with van der Waals surface area (Å²) in [5, 5.41) is 6.79. The first kappa shape index (κ1) is 28.2. The Hall–Kier alpha value is -6.70. The Morgan fingerprint density at radius 3 is 1.10 bits per heavy atom. The van der Waals surface area contributed by atoms with Crippen LogP contribution in [0.2, 0.25) is 0 Å². The number of hydrogen-bond donors (Lipinski definition) is 0. The molecule has 6 nitrogen and oxygen atoms in total. The van der Waals surface area contributed by atoms with Crippen LogP contribution in [-0.4, -0.2) is 19.9 Å². The van der Waals surface area contributed by atoms with Gasteiger partial charge in [-0.15, -0.1) is 11.3 Å². The van der Waals surface area contributed by atoms with Crippen LogP contribution in [0.3, 0.4) is 0 Å². The van der Waals surface area contributed by atoms with Crippen molar-refractivity contribution in [2.75, 3.05) is 0 Å². The first-order chi connectivity index (χ1) is 25.2. The molecule has 0 atom stereocenters. The Kier molecular flexibility index (Phi) is 6.02. The molecule has 11 aromatic rings. The van der Waals surface area contributed by atoms with Crippen molar-refractivity contribution in [3.05, 3.63) is 146 Å². The number of nitrogens with zero attached hydrogens (tertiary/aromatic N) is 4. The maximum absolute atomic E-state index is 6.23. The second kappa shape index (κ2) is 10.9. The molecule has 0 bridgehead atoms. The van der Waals surface area contributed by atoms with Gasteiger partial charge in [0.25, 0.3) is 0 Å². The van der Waals surface area contributed by atoms with Gasteiger partial charge in [0.1, 0.15) is 22.3 Å². The van der Waals surface area contributed by atoms with Gasteiger partial charge in [-0.2, -0.15) is 0 Å². The standard InChI is InChI=1S/C44H24N4O2S/c1-7-39-31(33-21-29(3-9-41(33)49-39)37-23-45-13-15-47-37)17-25(1)27-5-11-43-35(19-27)36-20-28(6-12-44(36)51-43)26-2-8-40-32(18-26)34-22-30(4-10-42(34)50-40)38-24-46-14-16-48-38/h1-24H.